The number of carbonyl (C=O) groups excluding carboxylic acids is 2. The summed E-state index contributed by atoms with van der Waals surface area (Å²) in [5.74, 6) is 0.652. The summed E-state index contributed by atoms with van der Waals surface area (Å²) in [5, 5.41) is 9.35. The third-order valence-electron chi connectivity index (χ3n) is 5.29. The fraction of sp³-hybridized carbons (Fsp3) is 0.714. The molecule has 1 N–H and O–H groups in total. The molecule has 3 nitrogen and oxygen atoms in total. The Morgan fingerprint density at radius 1 is 1.18 bits per heavy atom. The van der Waals surface area contributed by atoms with Crippen LogP contribution in [0.3, 0.4) is 0 Å². The fourth-order valence-electron chi connectivity index (χ4n) is 4.61. The number of aliphatic hydroxyl groups excluding tert-OH is 1. The van der Waals surface area contributed by atoms with Gasteiger partial charge in [-0.1, -0.05) is 12.2 Å². The summed E-state index contributed by atoms with van der Waals surface area (Å²) in [6.07, 6.45) is 5.21. The highest BCUT2D eigenvalue weighted by atomic mass is 16.3. The zero-order valence-corrected chi connectivity index (χ0v) is 10.2. The molecular formula is C14H18O3. The van der Waals surface area contributed by atoms with Gasteiger partial charge in [0.15, 0.2) is 0 Å². The molecule has 17 heavy (non-hydrogen) atoms. The monoisotopic (exact) mass is 234 g/mol. The highest BCUT2D eigenvalue weighted by Crippen LogP contribution is 2.74. The van der Waals surface area contributed by atoms with Gasteiger partial charge in [0.25, 0.3) is 0 Å². The van der Waals surface area contributed by atoms with Crippen LogP contribution in [-0.4, -0.2) is 23.3 Å². The quantitative estimate of drug-likeness (QED) is 0.747. The van der Waals surface area contributed by atoms with Crippen LogP contribution in [0.2, 0.25) is 0 Å². The standard InChI is InChI=1S/C14H18O3/c1-7(16)12-10-3-4-11(13(12)8(2)17)14(10)5-9(14)6-15/h3-4,9-13,15H,5-6H2,1-2H3/t9?,10-,11+,12+,13-,14?. The second-order valence-electron chi connectivity index (χ2n) is 5.91. The molecule has 3 heteroatoms. The van der Waals surface area contributed by atoms with Crippen LogP contribution in [0.25, 0.3) is 0 Å². The lowest BCUT2D eigenvalue weighted by molar-refractivity contribution is -0.130. The van der Waals surface area contributed by atoms with Gasteiger partial charge >= 0.3 is 0 Å². The summed E-state index contributed by atoms with van der Waals surface area (Å²) in [6, 6.07) is 0. The van der Waals surface area contributed by atoms with Gasteiger partial charge in [-0.25, -0.2) is 0 Å². The number of aliphatic hydroxyl groups is 1. The SMILES string of the molecule is CC(=O)[C@@H]1[C@H](C(C)=O)[C@@H]2C=C[C@H]1C21CC1CO. The van der Waals surface area contributed by atoms with E-state index in [1.54, 1.807) is 13.8 Å². The Bertz CT molecular complexity index is 393. The molecule has 0 saturated heterocycles. The number of allylic oxidation sites excluding steroid dienone is 2. The number of carbonyl (C=O) groups is 2. The van der Waals surface area contributed by atoms with Crippen molar-refractivity contribution in [1.29, 1.82) is 0 Å². The molecule has 0 amide bonds. The predicted octanol–water partition coefficient (Wildman–Crippen LogP) is 1.21. The molecule has 2 bridgehead atoms. The Hall–Kier alpha value is -0.960. The van der Waals surface area contributed by atoms with Gasteiger partial charge in [0.05, 0.1) is 0 Å². The van der Waals surface area contributed by atoms with Gasteiger partial charge < -0.3 is 5.11 Å². The number of ketones is 2. The van der Waals surface area contributed by atoms with Crippen LogP contribution in [0.4, 0.5) is 0 Å². The van der Waals surface area contributed by atoms with Gasteiger partial charge in [0.2, 0.25) is 0 Å². The minimum absolute atomic E-state index is 0.0431. The number of hydrogen-bond acceptors (Lipinski definition) is 3. The van der Waals surface area contributed by atoms with E-state index in [2.05, 4.69) is 12.2 Å². The van der Waals surface area contributed by atoms with Crippen molar-refractivity contribution in [2.24, 2.45) is 35.0 Å². The molecule has 0 radical (unpaired) electrons. The first kappa shape index (κ1) is 11.1. The van der Waals surface area contributed by atoms with Gasteiger partial charge in [-0.15, -0.1) is 0 Å². The summed E-state index contributed by atoms with van der Waals surface area (Å²) in [5.41, 5.74) is 0.0431. The molecule has 92 valence electrons. The first-order valence-electron chi connectivity index (χ1n) is 6.34. The van der Waals surface area contributed by atoms with Crippen molar-refractivity contribution in [3.63, 3.8) is 0 Å². The molecule has 2 fully saturated rings. The van der Waals surface area contributed by atoms with E-state index >= 15 is 0 Å². The van der Waals surface area contributed by atoms with Crippen molar-refractivity contribution in [3.05, 3.63) is 12.2 Å². The second kappa shape index (κ2) is 3.29. The molecule has 0 aromatic rings. The van der Waals surface area contributed by atoms with Crippen molar-refractivity contribution in [3.8, 4) is 0 Å². The van der Waals surface area contributed by atoms with E-state index < -0.39 is 0 Å². The minimum Gasteiger partial charge on any atom is -0.396 e. The normalized spacial score (nSPS) is 49.9. The lowest BCUT2D eigenvalue weighted by atomic mass is 9.79. The first-order chi connectivity index (χ1) is 8.04. The van der Waals surface area contributed by atoms with Crippen LogP contribution in [0, 0.1) is 35.0 Å². The number of hydrogen-bond donors (Lipinski definition) is 1. The Morgan fingerprint density at radius 3 is 1.94 bits per heavy atom. The lowest BCUT2D eigenvalue weighted by Gasteiger charge is -2.23. The Balaban J connectivity index is 2.01. The fourth-order valence-corrected chi connectivity index (χ4v) is 4.61. The second-order valence-corrected chi connectivity index (χ2v) is 5.91. The smallest absolute Gasteiger partial charge is 0.134 e. The summed E-state index contributed by atoms with van der Waals surface area (Å²) in [4.78, 5) is 23.6. The van der Waals surface area contributed by atoms with Crippen molar-refractivity contribution in [2.75, 3.05) is 6.61 Å². The van der Waals surface area contributed by atoms with Gasteiger partial charge in [-0.05, 0) is 43.4 Å². The Morgan fingerprint density at radius 2 is 1.65 bits per heavy atom. The molecule has 2 unspecified atom stereocenters. The molecular weight excluding hydrogens is 216 g/mol. The molecule has 6 atom stereocenters. The van der Waals surface area contributed by atoms with E-state index in [-0.39, 0.29) is 47.3 Å². The molecule has 3 aliphatic rings. The van der Waals surface area contributed by atoms with Crippen LogP contribution in [0.5, 0.6) is 0 Å². The maximum Gasteiger partial charge on any atom is 0.134 e. The van der Waals surface area contributed by atoms with E-state index in [1.165, 1.54) is 0 Å². The average Bonchev–Trinajstić information content (AvgIpc) is 2.82. The molecule has 0 aliphatic heterocycles. The van der Waals surface area contributed by atoms with E-state index in [4.69, 9.17) is 0 Å². The molecule has 0 aromatic heterocycles. The predicted molar refractivity (Wildman–Crippen MR) is 62.1 cm³/mol. The molecule has 2 saturated carbocycles. The maximum atomic E-state index is 11.8. The maximum absolute atomic E-state index is 11.8. The van der Waals surface area contributed by atoms with Gasteiger partial charge in [0, 0.05) is 18.4 Å². The molecule has 1 spiro atoms. The third-order valence-corrected chi connectivity index (χ3v) is 5.29. The van der Waals surface area contributed by atoms with E-state index in [1.807, 2.05) is 0 Å². The van der Waals surface area contributed by atoms with Crippen LogP contribution in [0.15, 0.2) is 12.2 Å². The average molecular weight is 234 g/mol. The third kappa shape index (κ3) is 1.16. The van der Waals surface area contributed by atoms with Crippen molar-refractivity contribution < 1.29 is 14.7 Å². The van der Waals surface area contributed by atoms with Crippen LogP contribution in [0.1, 0.15) is 20.3 Å². The van der Waals surface area contributed by atoms with E-state index in [9.17, 15) is 14.7 Å². The molecule has 0 heterocycles. The highest BCUT2D eigenvalue weighted by molar-refractivity contribution is 5.90. The molecule has 3 rings (SSSR count). The molecule has 0 aromatic carbocycles. The largest absolute Gasteiger partial charge is 0.396 e. The zero-order valence-electron chi connectivity index (χ0n) is 10.2. The topological polar surface area (TPSA) is 54.4 Å². The minimum atomic E-state index is -0.140. The highest BCUT2D eigenvalue weighted by Gasteiger charge is 2.73. The van der Waals surface area contributed by atoms with Crippen molar-refractivity contribution >= 4 is 11.6 Å². The van der Waals surface area contributed by atoms with Crippen LogP contribution in [-0.2, 0) is 9.59 Å². The van der Waals surface area contributed by atoms with Crippen LogP contribution < -0.4 is 0 Å². The molecule has 3 aliphatic carbocycles. The van der Waals surface area contributed by atoms with Crippen molar-refractivity contribution in [1.82, 2.24) is 0 Å². The van der Waals surface area contributed by atoms with E-state index in [0.717, 1.165) is 6.42 Å². The summed E-state index contributed by atoms with van der Waals surface area (Å²) in [7, 11) is 0. The number of rotatable bonds is 3. The van der Waals surface area contributed by atoms with Gasteiger partial charge in [-0.2, -0.15) is 0 Å². The van der Waals surface area contributed by atoms with Gasteiger partial charge in [0.1, 0.15) is 11.6 Å². The summed E-state index contributed by atoms with van der Waals surface area (Å²) >= 11 is 0. The zero-order chi connectivity index (χ0) is 12.4. The van der Waals surface area contributed by atoms with E-state index in [0.29, 0.717) is 5.92 Å². The summed E-state index contributed by atoms with van der Waals surface area (Å²) in [6.45, 7) is 3.38. The van der Waals surface area contributed by atoms with Crippen LogP contribution >= 0.6 is 0 Å². The summed E-state index contributed by atoms with van der Waals surface area (Å²) < 4.78 is 0. The lowest BCUT2D eigenvalue weighted by Crippen LogP contribution is -2.30. The Labute approximate surface area is 101 Å². The Kier molecular flexibility index (Phi) is 2.15. The first-order valence-corrected chi connectivity index (χ1v) is 6.34. The van der Waals surface area contributed by atoms with Gasteiger partial charge in [-0.3, -0.25) is 9.59 Å². The number of Topliss-reactive ketones (excluding diaryl/α,β-unsaturated/α-hetero) is 2. The van der Waals surface area contributed by atoms with Crippen molar-refractivity contribution in [2.45, 2.75) is 20.3 Å².